The molecule has 0 aliphatic heterocycles. The van der Waals surface area contributed by atoms with E-state index in [4.69, 9.17) is 11.6 Å². The Hall–Kier alpha value is -2.60. The molecule has 0 unspecified atom stereocenters. The zero-order valence-corrected chi connectivity index (χ0v) is 12.2. The number of hydrogen-bond donors (Lipinski definition) is 2. The molecule has 0 aliphatic carbocycles. The fourth-order valence-corrected chi connectivity index (χ4v) is 2.21. The largest absolute Gasteiger partial charge is 0.465 e. The number of carbonyl (C=O) groups is 1. The average Bonchev–Trinajstić information content (AvgIpc) is 2.88. The maximum absolute atomic E-state index is 13.4. The van der Waals surface area contributed by atoms with Gasteiger partial charge in [-0.3, -0.25) is 0 Å². The summed E-state index contributed by atoms with van der Waals surface area (Å²) in [4.78, 5) is 18.7. The molecule has 3 rings (SSSR count). The van der Waals surface area contributed by atoms with Gasteiger partial charge >= 0.3 is 5.97 Å². The molecule has 0 aliphatic rings. The Labute approximate surface area is 130 Å². The van der Waals surface area contributed by atoms with Gasteiger partial charge in [0.1, 0.15) is 5.82 Å². The predicted molar refractivity (Wildman–Crippen MR) is 82.1 cm³/mol. The van der Waals surface area contributed by atoms with Gasteiger partial charge < -0.3 is 15.0 Å². The van der Waals surface area contributed by atoms with E-state index in [2.05, 4.69) is 20.0 Å². The molecule has 0 bridgehead atoms. The van der Waals surface area contributed by atoms with Gasteiger partial charge in [-0.1, -0.05) is 17.7 Å². The van der Waals surface area contributed by atoms with Gasteiger partial charge in [0.05, 0.1) is 28.7 Å². The molecule has 0 radical (unpaired) electrons. The first-order chi connectivity index (χ1) is 10.6. The molecule has 5 nitrogen and oxygen atoms in total. The van der Waals surface area contributed by atoms with Gasteiger partial charge in [-0.05, 0) is 24.3 Å². The molecule has 22 heavy (non-hydrogen) atoms. The third-order valence-corrected chi connectivity index (χ3v) is 3.36. The topological polar surface area (TPSA) is 67.0 Å². The molecule has 7 heteroatoms. The second-order valence-electron chi connectivity index (χ2n) is 4.57. The lowest BCUT2D eigenvalue weighted by molar-refractivity contribution is 0.0601. The van der Waals surface area contributed by atoms with Crippen molar-refractivity contribution >= 4 is 40.2 Å². The predicted octanol–water partition coefficient (Wildman–Crippen LogP) is 3.89. The highest BCUT2D eigenvalue weighted by atomic mass is 35.5. The van der Waals surface area contributed by atoms with Gasteiger partial charge in [-0.2, -0.15) is 0 Å². The van der Waals surface area contributed by atoms with Crippen molar-refractivity contribution in [2.45, 2.75) is 0 Å². The van der Waals surface area contributed by atoms with Crippen LogP contribution in [0.25, 0.3) is 11.0 Å². The van der Waals surface area contributed by atoms with Gasteiger partial charge in [0, 0.05) is 11.8 Å². The second-order valence-corrected chi connectivity index (χ2v) is 4.97. The van der Waals surface area contributed by atoms with Crippen molar-refractivity contribution in [1.29, 1.82) is 0 Å². The number of nitrogens with zero attached hydrogens (tertiary/aromatic N) is 1. The molecule has 0 spiro atoms. The van der Waals surface area contributed by atoms with Crippen molar-refractivity contribution in [3.05, 3.63) is 52.8 Å². The summed E-state index contributed by atoms with van der Waals surface area (Å²) in [6.07, 6.45) is 0. The van der Waals surface area contributed by atoms with Gasteiger partial charge in [0.2, 0.25) is 5.95 Å². The van der Waals surface area contributed by atoms with Crippen LogP contribution < -0.4 is 5.32 Å². The minimum Gasteiger partial charge on any atom is -0.465 e. The Balaban J connectivity index is 1.91. The van der Waals surface area contributed by atoms with Crippen LogP contribution in [0.4, 0.5) is 16.0 Å². The van der Waals surface area contributed by atoms with Gasteiger partial charge in [-0.15, -0.1) is 0 Å². The molecule has 3 aromatic rings. The van der Waals surface area contributed by atoms with Crippen molar-refractivity contribution in [1.82, 2.24) is 9.97 Å². The summed E-state index contributed by atoms with van der Waals surface area (Å²) in [7, 11) is 1.32. The number of aromatic amines is 1. The molecular weight excluding hydrogens is 309 g/mol. The summed E-state index contributed by atoms with van der Waals surface area (Å²) >= 11 is 5.73. The Morgan fingerprint density at radius 2 is 2.18 bits per heavy atom. The first-order valence-corrected chi connectivity index (χ1v) is 6.75. The van der Waals surface area contributed by atoms with Crippen molar-refractivity contribution in [3.63, 3.8) is 0 Å². The third-order valence-electron chi connectivity index (χ3n) is 3.07. The Kier molecular flexibility index (Phi) is 3.68. The number of benzene rings is 2. The number of nitrogens with one attached hydrogen (secondary N) is 2. The van der Waals surface area contributed by atoms with Crippen LogP contribution in [0.3, 0.4) is 0 Å². The second kappa shape index (κ2) is 5.65. The fourth-order valence-electron chi connectivity index (χ4n) is 2.04. The Morgan fingerprint density at radius 3 is 2.95 bits per heavy atom. The first-order valence-electron chi connectivity index (χ1n) is 6.37. The number of esters is 1. The smallest absolute Gasteiger partial charge is 0.337 e. The summed E-state index contributed by atoms with van der Waals surface area (Å²) in [5, 5.41) is 3.04. The fraction of sp³-hybridized carbons (Fsp3) is 0.0667. The molecule has 0 saturated carbocycles. The standard InChI is InChI=1S/C15H11ClFN3O2/c1-22-14(21)8-3-2-4-9(5-8)18-15-19-12-6-10(16)11(17)7-13(12)20-15/h2-7H,1H3,(H2,18,19,20). The van der Waals surface area contributed by atoms with Crippen LogP contribution >= 0.6 is 11.6 Å². The van der Waals surface area contributed by atoms with E-state index in [1.165, 1.54) is 19.2 Å². The molecule has 0 amide bonds. The lowest BCUT2D eigenvalue weighted by atomic mass is 10.2. The van der Waals surface area contributed by atoms with Crippen LogP contribution in [-0.4, -0.2) is 23.0 Å². The Bertz CT molecular complexity index is 824. The maximum Gasteiger partial charge on any atom is 0.337 e. The Morgan fingerprint density at radius 1 is 1.36 bits per heavy atom. The van der Waals surface area contributed by atoms with Crippen molar-refractivity contribution in [2.75, 3.05) is 12.4 Å². The summed E-state index contributed by atoms with van der Waals surface area (Å²) in [5.41, 5.74) is 2.12. The zero-order valence-electron chi connectivity index (χ0n) is 11.5. The number of imidazole rings is 1. The molecule has 0 fully saturated rings. The zero-order chi connectivity index (χ0) is 15.7. The molecule has 1 aromatic heterocycles. The highest BCUT2D eigenvalue weighted by Crippen LogP contribution is 2.24. The average molecular weight is 320 g/mol. The molecule has 2 N–H and O–H groups in total. The quantitative estimate of drug-likeness (QED) is 0.719. The molecule has 0 atom stereocenters. The highest BCUT2D eigenvalue weighted by molar-refractivity contribution is 6.31. The molecule has 1 heterocycles. The first kappa shape index (κ1) is 14.3. The normalized spacial score (nSPS) is 10.7. The lowest BCUT2D eigenvalue weighted by Gasteiger charge is -2.04. The molecular formula is C15H11ClFN3O2. The number of anilines is 2. The van der Waals surface area contributed by atoms with Crippen LogP contribution in [-0.2, 0) is 4.74 Å². The number of fused-ring (bicyclic) bond motifs is 1. The maximum atomic E-state index is 13.4. The number of carbonyl (C=O) groups excluding carboxylic acids is 1. The third kappa shape index (κ3) is 2.73. The van der Waals surface area contributed by atoms with Gasteiger partial charge in [-0.25, -0.2) is 14.2 Å². The van der Waals surface area contributed by atoms with E-state index < -0.39 is 11.8 Å². The van der Waals surface area contributed by atoms with Gasteiger partial charge in [0.15, 0.2) is 0 Å². The molecule has 2 aromatic carbocycles. The number of methoxy groups -OCH3 is 1. The number of ether oxygens (including phenoxy) is 1. The van der Waals surface area contributed by atoms with Gasteiger partial charge in [0.25, 0.3) is 0 Å². The highest BCUT2D eigenvalue weighted by Gasteiger charge is 2.09. The van der Waals surface area contributed by atoms with Crippen LogP contribution in [0.15, 0.2) is 36.4 Å². The molecule has 112 valence electrons. The minimum atomic E-state index is -0.528. The van der Waals surface area contributed by atoms with Crippen molar-refractivity contribution < 1.29 is 13.9 Å². The summed E-state index contributed by atoms with van der Waals surface area (Å²) in [6, 6.07) is 9.48. The summed E-state index contributed by atoms with van der Waals surface area (Å²) in [5.74, 6) is -0.541. The monoisotopic (exact) mass is 319 g/mol. The number of hydrogen-bond acceptors (Lipinski definition) is 4. The van der Waals surface area contributed by atoms with E-state index in [1.54, 1.807) is 24.3 Å². The van der Waals surface area contributed by atoms with Crippen LogP contribution in [0.2, 0.25) is 5.02 Å². The number of H-pyrrole nitrogens is 1. The molecule has 0 saturated heterocycles. The van der Waals surface area contributed by atoms with Crippen molar-refractivity contribution in [3.8, 4) is 0 Å². The minimum absolute atomic E-state index is 0.0235. The number of aromatic nitrogens is 2. The summed E-state index contributed by atoms with van der Waals surface area (Å²) in [6.45, 7) is 0. The summed E-state index contributed by atoms with van der Waals surface area (Å²) < 4.78 is 18.1. The van der Waals surface area contributed by atoms with E-state index in [-0.39, 0.29) is 5.02 Å². The van der Waals surface area contributed by atoms with E-state index in [0.29, 0.717) is 28.2 Å². The van der Waals surface area contributed by atoms with Crippen LogP contribution in [0.5, 0.6) is 0 Å². The van der Waals surface area contributed by atoms with E-state index in [9.17, 15) is 9.18 Å². The van der Waals surface area contributed by atoms with E-state index >= 15 is 0 Å². The number of rotatable bonds is 3. The van der Waals surface area contributed by atoms with E-state index in [0.717, 1.165) is 0 Å². The lowest BCUT2D eigenvalue weighted by Crippen LogP contribution is -2.02. The van der Waals surface area contributed by atoms with E-state index in [1.807, 2.05) is 0 Å². The van der Waals surface area contributed by atoms with Crippen LogP contribution in [0.1, 0.15) is 10.4 Å². The number of halogens is 2. The van der Waals surface area contributed by atoms with Crippen LogP contribution in [0, 0.1) is 5.82 Å². The SMILES string of the molecule is COC(=O)c1cccc(Nc2nc3cc(F)c(Cl)cc3[nH]2)c1. The van der Waals surface area contributed by atoms with Crippen molar-refractivity contribution in [2.24, 2.45) is 0 Å².